The molecule has 44 valence electrons. The van der Waals surface area contributed by atoms with Crippen LogP contribution in [0.1, 0.15) is 25.7 Å². The van der Waals surface area contributed by atoms with E-state index in [1.807, 2.05) is 0 Å². The lowest BCUT2D eigenvalue weighted by atomic mass is 9.83. The van der Waals surface area contributed by atoms with Crippen LogP contribution >= 0.6 is 0 Å². The lowest BCUT2D eigenvalue weighted by Crippen LogP contribution is -2.35. The first-order valence-electron chi connectivity index (χ1n) is 3.26. The Morgan fingerprint density at radius 3 is 2.12 bits per heavy atom. The molecule has 2 radical (unpaired) electrons. The summed E-state index contributed by atoms with van der Waals surface area (Å²) in [6, 6.07) is 0. The second-order valence-corrected chi connectivity index (χ2v) is 2.77. The summed E-state index contributed by atoms with van der Waals surface area (Å²) in [4.78, 5) is 0. The fraction of sp³-hybridized carbons (Fsp3) is 1.00. The van der Waals surface area contributed by atoms with Crippen molar-refractivity contribution in [3.8, 4) is 0 Å². The van der Waals surface area contributed by atoms with Gasteiger partial charge in [-0.3, -0.25) is 0 Å². The van der Waals surface area contributed by atoms with Crippen molar-refractivity contribution >= 4 is 7.85 Å². The van der Waals surface area contributed by atoms with Gasteiger partial charge in [-0.1, -0.05) is 19.2 Å². The molecule has 1 saturated carbocycles. The number of hydrogen-bond acceptors (Lipinski definition) is 1. The van der Waals surface area contributed by atoms with Crippen LogP contribution in [0, 0.1) is 0 Å². The fourth-order valence-corrected chi connectivity index (χ4v) is 1.28. The van der Waals surface area contributed by atoms with E-state index in [1.165, 1.54) is 12.8 Å². The Balaban J connectivity index is 2.40. The van der Waals surface area contributed by atoms with Crippen LogP contribution < -0.4 is 5.73 Å². The molecule has 1 rings (SSSR count). The highest BCUT2D eigenvalue weighted by Crippen LogP contribution is 2.28. The second-order valence-electron chi connectivity index (χ2n) is 2.77. The van der Waals surface area contributed by atoms with Crippen molar-refractivity contribution in [2.24, 2.45) is 5.73 Å². The van der Waals surface area contributed by atoms with Crippen molar-refractivity contribution < 1.29 is 0 Å². The summed E-state index contributed by atoms with van der Waals surface area (Å²) in [6.45, 7) is 0. The third-order valence-corrected chi connectivity index (χ3v) is 2.01. The average Bonchev–Trinajstić information content (AvgIpc) is 2.17. The van der Waals surface area contributed by atoms with Gasteiger partial charge < -0.3 is 5.73 Å². The molecule has 1 aliphatic rings. The van der Waals surface area contributed by atoms with Crippen LogP contribution in [-0.4, -0.2) is 13.4 Å². The Morgan fingerprint density at radius 2 is 1.88 bits per heavy atom. The van der Waals surface area contributed by atoms with E-state index in [-0.39, 0.29) is 5.54 Å². The van der Waals surface area contributed by atoms with Crippen molar-refractivity contribution in [1.82, 2.24) is 0 Å². The molecule has 0 atom stereocenters. The fourth-order valence-electron chi connectivity index (χ4n) is 1.28. The maximum atomic E-state index is 5.83. The van der Waals surface area contributed by atoms with Crippen molar-refractivity contribution in [3.63, 3.8) is 0 Å². The van der Waals surface area contributed by atoms with Crippen LogP contribution in [0.25, 0.3) is 0 Å². The molecule has 2 heteroatoms. The normalized spacial score (nSPS) is 26.1. The Hall–Kier alpha value is 0.0249. The van der Waals surface area contributed by atoms with Crippen LogP contribution in [0.2, 0.25) is 6.32 Å². The van der Waals surface area contributed by atoms with Crippen LogP contribution in [0.3, 0.4) is 0 Å². The zero-order valence-electron chi connectivity index (χ0n) is 5.19. The van der Waals surface area contributed by atoms with E-state index in [9.17, 15) is 0 Å². The van der Waals surface area contributed by atoms with Gasteiger partial charge in [-0.05, 0) is 12.8 Å². The SMILES string of the molecule is [B]CC1(N)CCCC1. The van der Waals surface area contributed by atoms with E-state index >= 15 is 0 Å². The lowest BCUT2D eigenvalue weighted by Gasteiger charge is -2.20. The van der Waals surface area contributed by atoms with Crippen LogP contribution in [0.5, 0.6) is 0 Å². The molecular weight excluding hydrogens is 96.9 g/mol. The topological polar surface area (TPSA) is 26.0 Å². The molecule has 0 aromatic rings. The summed E-state index contributed by atoms with van der Waals surface area (Å²) in [5.41, 5.74) is 5.85. The zero-order valence-corrected chi connectivity index (χ0v) is 5.19. The maximum absolute atomic E-state index is 5.83. The molecule has 0 saturated heterocycles. The summed E-state index contributed by atoms with van der Waals surface area (Å²) in [5, 5.41) is 0. The van der Waals surface area contributed by atoms with E-state index in [0.717, 1.165) is 12.8 Å². The number of hydrogen-bond donors (Lipinski definition) is 1. The van der Waals surface area contributed by atoms with Gasteiger partial charge in [-0.15, -0.1) is 0 Å². The second kappa shape index (κ2) is 2.10. The Morgan fingerprint density at radius 1 is 1.38 bits per heavy atom. The maximum Gasteiger partial charge on any atom is 0.0677 e. The Kier molecular flexibility index (Phi) is 1.61. The van der Waals surface area contributed by atoms with E-state index < -0.39 is 0 Å². The molecule has 2 N–H and O–H groups in total. The van der Waals surface area contributed by atoms with Gasteiger partial charge in [-0.25, -0.2) is 0 Å². The molecule has 0 heterocycles. The van der Waals surface area contributed by atoms with E-state index in [0.29, 0.717) is 6.32 Å². The minimum Gasteiger partial charge on any atom is -0.326 e. The van der Waals surface area contributed by atoms with E-state index in [4.69, 9.17) is 13.6 Å². The lowest BCUT2D eigenvalue weighted by molar-refractivity contribution is 0.487. The van der Waals surface area contributed by atoms with Crippen LogP contribution in [-0.2, 0) is 0 Å². The van der Waals surface area contributed by atoms with E-state index in [2.05, 4.69) is 0 Å². The molecule has 0 aliphatic heterocycles. The molecule has 0 aromatic carbocycles. The van der Waals surface area contributed by atoms with Gasteiger partial charge in [0.15, 0.2) is 0 Å². The van der Waals surface area contributed by atoms with Gasteiger partial charge in [-0.2, -0.15) is 0 Å². The monoisotopic (exact) mass is 109 g/mol. The number of nitrogens with two attached hydrogens (primary N) is 1. The predicted octanol–water partition coefficient (Wildman–Crippen LogP) is 0.845. The van der Waals surface area contributed by atoms with Crippen molar-refractivity contribution in [2.75, 3.05) is 0 Å². The van der Waals surface area contributed by atoms with Crippen molar-refractivity contribution in [2.45, 2.75) is 37.5 Å². The third kappa shape index (κ3) is 1.05. The van der Waals surface area contributed by atoms with Gasteiger partial charge in [0.05, 0.1) is 7.85 Å². The van der Waals surface area contributed by atoms with Crippen molar-refractivity contribution in [1.29, 1.82) is 0 Å². The molecule has 0 unspecified atom stereocenters. The van der Waals surface area contributed by atoms with Crippen LogP contribution in [0.15, 0.2) is 0 Å². The molecule has 0 amide bonds. The summed E-state index contributed by atoms with van der Waals surface area (Å²) < 4.78 is 0. The van der Waals surface area contributed by atoms with Gasteiger partial charge >= 0.3 is 0 Å². The number of rotatable bonds is 1. The quantitative estimate of drug-likeness (QED) is 0.496. The highest BCUT2D eigenvalue weighted by Gasteiger charge is 2.25. The first kappa shape index (κ1) is 6.15. The van der Waals surface area contributed by atoms with Gasteiger partial charge in [0.1, 0.15) is 0 Å². The third-order valence-electron chi connectivity index (χ3n) is 2.01. The van der Waals surface area contributed by atoms with Crippen molar-refractivity contribution in [3.05, 3.63) is 0 Å². The molecule has 0 aromatic heterocycles. The molecular formula is C6H12BN. The molecule has 0 spiro atoms. The summed E-state index contributed by atoms with van der Waals surface area (Å²) >= 11 is 0. The van der Waals surface area contributed by atoms with Crippen LogP contribution in [0.4, 0.5) is 0 Å². The first-order chi connectivity index (χ1) is 3.77. The molecule has 0 bridgehead atoms. The standard InChI is InChI=1S/C6H12BN/c7-5-6(8)3-1-2-4-6/h1-5,8H2. The molecule has 1 aliphatic carbocycles. The Bertz CT molecular complexity index is 76.6. The first-order valence-corrected chi connectivity index (χ1v) is 3.26. The Labute approximate surface area is 52.0 Å². The minimum absolute atomic E-state index is 0.0139. The summed E-state index contributed by atoms with van der Waals surface area (Å²) in [7, 11) is 5.44. The minimum atomic E-state index is 0.0139. The van der Waals surface area contributed by atoms with E-state index in [1.54, 1.807) is 0 Å². The average molecular weight is 109 g/mol. The molecule has 1 nitrogen and oxygen atoms in total. The summed E-state index contributed by atoms with van der Waals surface area (Å²) in [6.07, 6.45) is 5.46. The van der Waals surface area contributed by atoms with Gasteiger partial charge in [0.25, 0.3) is 0 Å². The highest BCUT2D eigenvalue weighted by molar-refractivity contribution is 6.09. The predicted molar refractivity (Wildman–Crippen MR) is 35.9 cm³/mol. The summed E-state index contributed by atoms with van der Waals surface area (Å²) in [5.74, 6) is 0. The van der Waals surface area contributed by atoms with Gasteiger partial charge in [0, 0.05) is 5.54 Å². The highest BCUT2D eigenvalue weighted by atomic mass is 14.7. The zero-order chi connectivity index (χ0) is 6.04. The molecule has 1 fully saturated rings. The molecule has 8 heavy (non-hydrogen) atoms. The smallest absolute Gasteiger partial charge is 0.0677 e. The largest absolute Gasteiger partial charge is 0.326 e. The van der Waals surface area contributed by atoms with Gasteiger partial charge in [0.2, 0.25) is 0 Å².